The highest BCUT2D eigenvalue weighted by molar-refractivity contribution is 6.08. The van der Waals surface area contributed by atoms with Crippen molar-refractivity contribution in [3.63, 3.8) is 0 Å². The molecule has 0 saturated heterocycles. The summed E-state index contributed by atoms with van der Waals surface area (Å²) in [4.78, 5) is 0. The smallest absolute Gasteiger partial charge is 0.0653 e. The average molecular weight is 150 g/mol. The van der Waals surface area contributed by atoms with E-state index in [1.807, 2.05) is 0 Å². The van der Waals surface area contributed by atoms with Crippen LogP contribution in [-0.2, 0) is 0 Å². The summed E-state index contributed by atoms with van der Waals surface area (Å²) in [5.41, 5.74) is 0. The lowest BCUT2D eigenvalue weighted by Gasteiger charge is -1.93. The zero-order chi connectivity index (χ0) is 8.36. The van der Waals surface area contributed by atoms with Crippen LogP contribution in [0.1, 0.15) is 45.4 Å². The van der Waals surface area contributed by atoms with Crippen LogP contribution in [0.15, 0.2) is 12.2 Å². The van der Waals surface area contributed by atoms with Gasteiger partial charge in [0.1, 0.15) is 0 Å². The van der Waals surface area contributed by atoms with Crippen molar-refractivity contribution in [3.8, 4) is 0 Å². The van der Waals surface area contributed by atoms with Gasteiger partial charge in [-0.2, -0.15) is 0 Å². The zero-order valence-corrected chi connectivity index (χ0v) is 7.68. The Labute approximate surface area is 72.5 Å². The molecule has 0 heterocycles. The van der Waals surface area contributed by atoms with E-state index in [9.17, 15) is 0 Å². The first-order chi connectivity index (χ1) is 5.41. The van der Waals surface area contributed by atoms with Gasteiger partial charge in [-0.05, 0) is 19.3 Å². The van der Waals surface area contributed by atoms with Gasteiger partial charge in [0.15, 0.2) is 0 Å². The van der Waals surface area contributed by atoms with E-state index in [-0.39, 0.29) is 0 Å². The number of allylic oxidation sites excluding steroid dienone is 2. The number of hydrogen-bond donors (Lipinski definition) is 0. The Morgan fingerprint density at radius 1 is 1.00 bits per heavy atom. The number of rotatable bonds is 7. The van der Waals surface area contributed by atoms with Crippen LogP contribution in [0.4, 0.5) is 0 Å². The van der Waals surface area contributed by atoms with Gasteiger partial charge in [-0.15, -0.1) is 0 Å². The van der Waals surface area contributed by atoms with Crippen molar-refractivity contribution in [2.75, 3.05) is 0 Å². The molecule has 0 spiro atoms. The van der Waals surface area contributed by atoms with Gasteiger partial charge in [-0.25, -0.2) is 0 Å². The second-order valence-electron chi connectivity index (χ2n) is 2.90. The van der Waals surface area contributed by atoms with E-state index in [4.69, 9.17) is 7.85 Å². The van der Waals surface area contributed by atoms with E-state index in [0.29, 0.717) is 0 Å². The first-order valence-corrected chi connectivity index (χ1v) is 4.77. The summed E-state index contributed by atoms with van der Waals surface area (Å²) in [6, 6.07) is 0. The molecule has 2 radical (unpaired) electrons. The monoisotopic (exact) mass is 150 g/mol. The van der Waals surface area contributed by atoms with Gasteiger partial charge >= 0.3 is 0 Å². The third-order valence-electron chi connectivity index (χ3n) is 1.70. The minimum absolute atomic E-state index is 0.846. The fraction of sp³-hybridized carbons (Fsp3) is 0.800. The fourth-order valence-corrected chi connectivity index (χ4v) is 0.986. The molecule has 0 aliphatic heterocycles. The van der Waals surface area contributed by atoms with Crippen LogP contribution >= 0.6 is 0 Å². The van der Waals surface area contributed by atoms with Crippen molar-refractivity contribution in [2.24, 2.45) is 0 Å². The summed E-state index contributed by atoms with van der Waals surface area (Å²) in [7, 11) is 5.37. The maximum Gasteiger partial charge on any atom is 0.0653 e. The van der Waals surface area contributed by atoms with Crippen LogP contribution in [0.5, 0.6) is 0 Å². The van der Waals surface area contributed by atoms with Crippen molar-refractivity contribution in [1.82, 2.24) is 0 Å². The summed E-state index contributed by atoms with van der Waals surface area (Å²) < 4.78 is 0. The minimum atomic E-state index is 0.846. The second kappa shape index (κ2) is 9.80. The maximum atomic E-state index is 5.37. The molecule has 0 aromatic heterocycles. The van der Waals surface area contributed by atoms with Gasteiger partial charge in [0.25, 0.3) is 0 Å². The third kappa shape index (κ3) is 9.80. The lowest BCUT2D eigenvalue weighted by Crippen LogP contribution is -1.74. The van der Waals surface area contributed by atoms with Crippen molar-refractivity contribution >= 4 is 7.85 Å². The third-order valence-corrected chi connectivity index (χ3v) is 1.70. The molecule has 0 aliphatic rings. The lowest BCUT2D eigenvalue weighted by atomic mass is 9.99. The topological polar surface area (TPSA) is 0 Å². The molecule has 0 unspecified atom stereocenters. The first kappa shape index (κ1) is 10.8. The zero-order valence-electron chi connectivity index (χ0n) is 7.68. The van der Waals surface area contributed by atoms with Gasteiger partial charge < -0.3 is 0 Å². The van der Waals surface area contributed by atoms with Crippen molar-refractivity contribution in [3.05, 3.63) is 12.2 Å². The molecule has 0 saturated carbocycles. The standard InChI is InChI=1S/C10H19B/c1-2-3-4-5-6-7-8-9-10-11/h4-5H,2-3,6-10H2,1H3/b5-4-. The quantitative estimate of drug-likeness (QED) is 0.296. The van der Waals surface area contributed by atoms with Crippen LogP contribution in [0.25, 0.3) is 0 Å². The maximum absolute atomic E-state index is 5.37. The molecule has 0 aromatic carbocycles. The highest BCUT2D eigenvalue weighted by Crippen LogP contribution is 2.02. The van der Waals surface area contributed by atoms with E-state index in [2.05, 4.69) is 19.1 Å². The Hall–Kier alpha value is -0.195. The van der Waals surface area contributed by atoms with Crippen LogP contribution in [0, 0.1) is 0 Å². The Morgan fingerprint density at radius 3 is 2.36 bits per heavy atom. The van der Waals surface area contributed by atoms with Crippen LogP contribution in [0.2, 0.25) is 6.32 Å². The fourth-order valence-electron chi connectivity index (χ4n) is 0.986. The molecular weight excluding hydrogens is 131 g/mol. The highest BCUT2D eigenvalue weighted by Gasteiger charge is 1.83. The Kier molecular flexibility index (Phi) is 9.63. The molecule has 0 rings (SSSR count). The number of unbranched alkanes of at least 4 members (excludes halogenated alkanes) is 4. The molecule has 0 amide bonds. The Balaban J connectivity index is 2.89. The second-order valence-corrected chi connectivity index (χ2v) is 2.90. The molecule has 0 aliphatic carbocycles. The van der Waals surface area contributed by atoms with E-state index in [1.165, 1.54) is 38.5 Å². The number of hydrogen-bond acceptors (Lipinski definition) is 0. The van der Waals surface area contributed by atoms with Crippen LogP contribution in [0.3, 0.4) is 0 Å². The molecular formula is C10H19B. The molecule has 62 valence electrons. The average Bonchev–Trinajstić information content (AvgIpc) is 2.03. The van der Waals surface area contributed by atoms with Gasteiger partial charge in [-0.1, -0.05) is 44.7 Å². The van der Waals surface area contributed by atoms with Gasteiger partial charge in [0.05, 0.1) is 7.85 Å². The predicted molar refractivity (Wildman–Crippen MR) is 53.1 cm³/mol. The van der Waals surface area contributed by atoms with Crippen LogP contribution in [-0.4, -0.2) is 7.85 Å². The van der Waals surface area contributed by atoms with E-state index >= 15 is 0 Å². The van der Waals surface area contributed by atoms with Crippen molar-refractivity contribution < 1.29 is 0 Å². The summed E-state index contributed by atoms with van der Waals surface area (Å²) in [5, 5.41) is 0. The SMILES string of the molecule is [B]CCCCC/C=C\CCC. The first-order valence-electron chi connectivity index (χ1n) is 4.77. The minimum Gasteiger partial charge on any atom is -0.0887 e. The normalized spacial score (nSPS) is 11.0. The van der Waals surface area contributed by atoms with E-state index < -0.39 is 0 Å². The summed E-state index contributed by atoms with van der Waals surface area (Å²) in [5.74, 6) is 0. The van der Waals surface area contributed by atoms with Crippen molar-refractivity contribution in [2.45, 2.75) is 51.8 Å². The molecule has 0 nitrogen and oxygen atoms in total. The summed E-state index contributed by atoms with van der Waals surface area (Å²) in [6.45, 7) is 2.21. The lowest BCUT2D eigenvalue weighted by molar-refractivity contribution is 0.727. The van der Waals surface area contributed by atoms with Gasteiger partial charge in [0, 0.05) is 0 Å². The molecule has 0 aromatic rings. The molecule has 1 heteroatoms. The van der Waals surface area contributed by atoms with Gasteiger partial charge in [0.2, 0.25) is 0 Å². The molecule has 11 heavy (non-hydrogen) atoms. The summed E-state index contributed by atoms with van der Waals surface area (Å²) in [6.07, 6.45) is 12.9. The Bertz CT molecular complexity index is 86.9. The van der Waals surface area contributed by atoms with E-state index in [0.717, 1.165) is 6.32 Å². The largest absolute Gasteiger partial charge is 0.0887 e. The molecule has 0 N–H and O–H groups in total. The van der Waals surface area contributed by atoms with Gasteiger partial charge in [-0.3, -0.25) is 0 Å². The Morgan fingerprint density at radius 2 is 1.73 bits per heavy atom. The molecule has 0 bridgehead atoms. The molecule has 0 fully saturated rings. The van der Waals surface area contributed by atoms with E-state index in [1.54, 1.807) is 0 Å². The highest BCUT2D eigenvalue weighted by atomic mass is 13.9. The predicted octanol–water partition coefficient (Wildman–Crippen LogP) is 3.49. The van der Waals surface area contributed by atoms with Crippen LogP contribution < -0.4 is 0 Å². The summed E-state index contributed by atoms with van der Waals surface area (Å²) >= 11 is 0. The molecule has 0 atom stereocenters. The van der Waals surface area contributed by atoms with Crippen molar-refractivity contribution in [1.29, 1.82) is 0 Å².